The predicted molar refractivity (Wildman–Crippen MR) is 149 cm³/mol. The van der Waals surface area contributed by atoms with Crippen molar-refractivity contribution < 1.29 is 32.9 Å². The van der Waals surface area contributed by atoms with Crippen LogP contribution in [-0.4, -0.2) is 89.1 Å². The zero-order chi connectivity index (χ0) is 29.4. The maximum atomic E-state index is 13.7. The largest absolute Gasteiger partial charge is 0.492 e. The lowest BCUT2D eigenvalue weighted by Gasteiger charge is -2.33. The molecule has 0 saturated carbocycles. The summed E-state index contributed by atoms with van der Waals surface area (Å²) in [6.07, 6.45) is 3.76. The third-order valence-corrected chi connectivity index (χ3v) is 6.90. The second-order valence-corrected chi connectivity index (χ2v) is 10.7. The van der Waals surface area contributed by atoms with Crippen molar-refractivity contribution in [3.8, 4) is 11.5 Å². The molecule has 11 heteroatoms. The van der Waals surface area contributed by atoms with E-state index in [9.17, 15) is 18.7 Å². The lowest BCUT2D eigenvalue weighted by molar-refractivity contribution is -0.138. The quantitative estimate of drug-likeness (QED) is 0.356. The van der Waals surface area contributed by atoms with Gasteiger partial charge in [0.05, 0.1) is 13.1 Å². The Labute approximate surface area is 239 Å². The van der Waals surface area contributed by atoms with Crippen LogP contribution in [0.1, 0.15) is 31.2 Å². The summed E-state index contributed by atoms with van der Waals surface area (Å²) in [5.74, 6) is -0.0669. The number of aliphatic hydroxyl groups is 1. The topological polar surface area (TPSA) is 89.3 Å². The fourth-order valence-electron chi connectivity index (χ4n) is 4.90. The van der Waals surface area contributed by atoms with Crippen LogP contribution < -0.4 is 9.47 Å². The molecule has 2 aromatic carbocycles. The molecule has 1 saturated heterocycles. The molecule has 0 radical (unpaired) electrons. The van der Waals surface area contributed by atoms with E-state index in [1.165, 1.54) is 13.2 Å². The van der Waals surface area contributed by atoms with Crippen molar-refractivity contribution in [2.24, 2.45) is 0 Å². The normalized spacial score (nSPS) is 18.0. The fraction of sp³-hybridized carbons (Fsp3) is 0.467. The van der Waals surface area contributed by atoms with Crippen molar-refractivity contribution in [1.29, 1.82) is 0 Å². The van der Waals surface area contributed by atoms with Gasteiger partial charge in [0.2, 0.25) is 5.91 Å². The Morgan fingerprint density at radius 3 is 2.51 bits per heavy atom. The van der Waals surface area contributed by atoms with E-state index in [-0.39, 0.29) is 38.0 Å². The predicted octanol–water partition coefficient (Wildman–Crippen LogP) is 3.46. The molecule has 1 N–H and O–H groups in total. The van der Waals surface area contributed by atoms with Crippen molar-refractivity contribution in [1.82, 2.24) is 19.4 Å². The third-order valence-electron chi connectivity index (χ3n) is 6.90. The third kappa shape index (κ3) is 8.48. The first kappa shape index (κ1) is 30.4. The van der Waals surface area contributed by atoms with E-state index in [2.05, 4.69) is 23.4 Å². The van der Waals surface area contributed by atoms with E-state index in [4.69, 9.17) is 14.2 Å². The second-order valence-electron chi connectivity index (χ2n) is 10.7. The first-order valence-corrected chi connectivity index (χ1v) is 13.7. The summed E-state index contributed by atoms with van der Waals surface area (Å²) in [7, 11) is 1.44. The molecule has 1 aliphatic heterocycles. The lowest BCUT2D eigenvalue weighted by atomic mass is 10.0. The molecular formula is C30H38F2N4O5. The number of rotatable bonds is 12. The number of β-amino-alcohol motifs (C(OH)–C–C–N with tert-alkyl or cyclic N) is 1. The molecule has 4 rings (SSSR count). The molecule has 1 aliphatic rings. The highest BCUT2D eigenvalue weighted by Gasteiger charge is 2.37. The van der Waals surface area contributed by atoms with Crippen LogP contribution in [0.25, 0.3) is 0 Å². The van der Waals surface area contributed by atoms with E-state index in [0.29, 0.717) is 38.7 Å². The average molecular weight is 573 g/mol. The Kier molecular flexibility index (Phi) is 10.3. The summed E-state index contributed by atoms with van der Waals surface area (Å²) < 4.78 is 45.7. The smallest absolute Gasteiger partial charge is 0.248 e. The van der Waals surface area contributed by atoms with Gasteiger partial charge in [-0.15, -0.1) is 0 Å². The molecule has 1 fully saturated rings. The maximum absolute atomic E-state index is 13.7. The Hall–Kier alpha value is -3.54. The fourth-order valence-corrected chi connectivity index (χ4v) is 4.90. The van der Waals surface area contributed by atoms with E-state index in [0.717, 1.165) is 29.3 Å². The Bertz CT molecular complexity index is 1290. The molecule has 1 amide bonds. The molecule has 1 aromatic heterocycles. The van der Waals surface area contributed by atoms with Gasteiger partial charge in [0, 0.05) is 57.7 Å². The SMILES string of the molecule is COCC(=O)N1CCN(Cc2ccc(OCCn3ccnc3C(C)C)cc2)C[C@](O)(COc2ccc(F)c(F)c2)C1. The van der Waals surface area contributed by atoms with Gasteiger partial charge in [-0.25, -0.2) is 13.8 Å². The number of imidazole rings is 1. The van der Waals surface area contributed by atoms with Gasteiger partial charge in [0.15, 0.2) is 11.6 Å². The number of amides is 1. The summed E-state index contributed by atoms with van der Waals surface area (Å²) in [4.78, 5) is 20.6. The summed E-state index contributed by atoms with van der Waals surface area (Å²) in [6, 6.07) is 11.0. The molecule has 222 valence electrons. The van der Waals surface area contributed by atoms with Crippen LogP contribution in [0.5, 0.6) is 11.5 Å². The highest BCUT2D eigenvalue weighted by atomic mass is 19.2. The van der Waals surface area contributed by atoms with Gasteiger partial charge in [-0.2, -0.15) is 0 Å². The average Bonchev–Trinajstić information content (AvgIpc) is 3.35. The summed E-state index contributed by atoms with van der Waals surface area (Å²) in [5.41, 5.74) is -0.453. The molecule has 2 heterocycles. The van der Waals surface area contributed by atoms with Crippen LogP contribution in [0.2, 0.25) is 0 Å². The van der Waals surface area contributed by atoms with E-state index >= 15 is 0 Å². The van der Waals surface area contributed by atoms with Gasteiger partial charge in [-0.3, -0.25) is 9.69 Å². The Morgan fingerprint density at radius 2 is 1.80 bits per heavy atom. The van der Waals surface area contributed by atoms with Gasteiger partial charge in [0.25, 0.3) is 0 Å². The standard InChI is InChI=1S/C30H38F2N4O5/c1-22(2)29-33-10-11-35(29)14-15-40-24-6-4-23(5-7-24)17-34-12-13-36(28(37)18-39-3)20-30(38,19-34)21-41-25-8-9-26(31)27(32)16-25/h4-11,16,22,38H,12-15,17-21H2,1-3H3/t30-/m1/s1. The number of nitrogens with zero attached hydrogens (tertiary/aromatic N) is 4. The van der Waals surface area contributed by atoms with Crippen molar-refractivity contribution in [3.05, 3.63) is 77.9 Å². The van der Waals surface area contributed by atoms with Crippen LogP contribution in [0.3, 0.4) is 0 Å². The van der Waals surface area contributed by atoms with Crippen LogP contribution in [0, 0.1) is 11.6 Å². The number of hydrogen-bond donors (Lipinski definition) is 1. The van der Waals surface area contributed by atoms with Crippen molar-refractivity contribution in [2.75, 3.05) is 53.1 Å². The van der Waals surface area contributed by atoms with Gasteiger partial charge in [0.1, 0.15) is 42.7 Å². The molecule has 0 bridgehead atoms. The molecule has 9 nitrogen and oxygen atoms in total. The molecule has 3 aromatic rings. The monoisotopic (exact) mass is 572 g/mol. The number of aromatic nitrogens is 2. The number of carbonyl (C=O) groups excluding carboxylic acids is 1. The van der Waals surface area contributed by atoms with Gasteiger partial charge in [-0.1, -0.05) is 26.0 Å². The van der Waals surface area contributed by atoms with Crippen LogP contribution in [-0.2, 0) is 22.6 Å². The second kappa shape index (κ2) is 13.9. The number of hydrogen-bond acceptors (Lipinski definition) is 7. The Balaban J connectivity index is 1.38. The van der Waals surface area contributed by atoms with Crippen LogP contribution in [0.4, 0.5) is 8.78 Å². The molecule has 0 aliphatic carbocycles. The minimum absolute atomic E-state index is 0.0115. The number of benzene rings is 2. The van der Waals surface area contributed by atoms with Crippen molar-refractivity contribution >= 4 is 5.91 Å². The van der Waals surface area contributed by atoms with Crippen molar-refractivity contribution in [3.63, 3.8) is 0 Å². The lowest BCUT2D eigenvalue weighted by Crippen LogP contribution is -2.52. The van der Waals surface area contributed by atoms with E-state index < -0.39 is 17.2 Å². The first-order chi connectivity index (χ1) is 19.7. The highest BCUT2D eigenvalue weighted by molar-refractivity contribution is 5.77. The number of methoxy groups -OCH3 is 1. The summed E-state index contributed by atoms with van der Waals surface area (Å²) in [5, 5.41) is 11.6. The highest BCUT2D eigenvalue weighted by Crippen LogP contribution is 2.22. The first-order valence-electron chi connectivity index (χ1n) is 13.7. The molecule has 1 atom stereocenters. The zero-order valence-electron chi connectivity index (χ0n) is 23.8. The summed E-state index contributed by atoms with van der Waals surface area (Å²) in [6.45, 7) is 6.75. The van der Waals surface area contributed by atoms with Gasteiger partial charge >= 0.3 is 0 Å². The molecule has 0 unspecified atom stereocenters. The molecular weight excluding hydrogens is 534 g/mol. The van der Waals surface area contributed by atoms with E-state index in [1.807, 2.05) is 35.4 Å². The van der Waals surface area contributed by atoms with Crippen LogP contribution in [0.15, 0.2) is 54.9 Å². The Morgan fingerprint density at radius 1 is 1.05 bits per heavy atom. The van der Waals surface area contributed by atoms with Crippen molar-refractivity contribution in [2.45, 2.75) is 38.5 Å². The molecule has 41 heavy (non-hydrogen) atoms. The van der Waals surface area contributed by atoms with Gasteiger partial charge in [-0.05, 0) is 29.8 Å². The number of carbonyl (C=O) groups is 1. The minimum atomic E-state index is -1.46. The maximum Gasteiger partial charge on any atom is 0.248 e. The number of ether oxygens (including phenoxy) is 3. The zero-order valence-corrected chi connectivity index (χ0v) is 23.8. The molecule has 0 spiro atoms. The minimum Gasteiger partial charge on any atom is -0.492 e. The van der Waals surface area contributed by atoms with Gasteiger partial charge < -0.3 is 28.8 Å². The summed E-state index contributed by atoms with van der Waals surface area (Å²) >= 11 is 0. The number of halogens is 2. The van der Waals surface area contributed by atoms with Crippen LogP contribution >= 0.6 is 0 Å². The van der Waals surface area contributed by atoms with E-state index in [1.54, 1.807) is 11.1 Å².